The maximum Gasteiger partial charge on any atom is 0.0408 e. The monoisotopic (exact) mass is 302 g/mol. The number of halogens is 1. The van der Waals surface area contributed by atoms with Crippen LogP contribution in [0.25, 0.3) is 0 Å². The Morgan fingerprint density at radius 2 is 1.90 bits per heavy atom. The van der Waals surface area contributed by atoms with Crippen molar-refractivity contribution in [1.82, 2.24) is 10.3 Å². The van der Waals surface area contributed by atoms with E-state index in [0.717, 1.165) is 18.0 Å². The van der Waals surface area contributed by atoms with Gasteiger partial charge in [-0.05, 0) is 60.8 Å². The van der Waals surface area contributed by atoms with Crippen molar-refractivity contribution in [2.45, 2.75) is 39.2 Å². The van der Waals surface area contributed by atoms with Crippen LogP contribution in [-0.4, -0.2) is 11.5 Å². The molecule has 0 aliphatic heterocycles. The number of hydrogen-bond donors (Lipinski definition) is 1. The van der Waals surface area contributed by atoms with Crippen molar-refractivity contribution in [2.75, 3.05) is 6.54 Å². The van der Waals surface area contributed by atoms with Crippen LogP contribution in [-0.2, 0) is 0 Å². The molecule has 0 amide bonds. The molecule has 2 nitrogen and oxygen atoms in total. The number of aryl methyl sites for hydroxylation is 1. The molecule has 2 aromatic rings. The molecule has 2 rings (SSSR count). The minimum absolute atomic E-state index is 0.282. The van der Waals surface area contributed by atoms with Crippen LogP contribution < -0.4 is 5.32 Å². The standard InChI is InChI=1S/C18H23ClN2/c1-4-9-21-18(14(3)15-7-10-20-11-8-15)17-6-5-16(19)12-13(17)2/h5-8,10-12,14,18,21H,4,9H2,1-3H3. The molecular weight excluding hydrogens is 280 g/mol. The van der Waals surface area contributed by atoms with Crippen molar-refractivity contribution < 1.29 is 0 Å². The van der Waals surface area contributed by atoms with Crippen LogP contribution in [0.3, 0.4) is 0 Å². The average molecular weight is 303 g/mol. The van der Waals surface area contributed by atoms with Gasteiger partial charge in [-0.15, -0.1) is 0 Å². The highest BCUT2D eigenvalue weighted by Gasteiger charge is 2.21. The summed E-state index contributed by atoms with van der Waals surface area (Å²) < 4.78 is 0. The first-order valence-electron chi connectivity index (χ1n) is 7.52. The van der Waals surface area contributed by atoms with Gasteiger partial charge >= 0.3 is 0 Å². The Hall–Kier alpha value is -1.38. The number of nitrogens with one attached hydrogen (secondary N) is 1. The molecule has 2 unspecified atom stereocenters. The summed E-state index contributed by atoms with van der Waals surface area (Å²) in [6, 6.07) is 10.6. The van der Waals surface area contributed by atoms with E-state index in [9.17, 15) is 0 Å². The largest absolute Gasteiger partial charge is 0.309 e. The van der Waals surface area contributed by atoms with Gasteiger partial charge in [0, 0.05) is 29.4 Å². The number of hydrogen-bond acceptors (Lipinski definition) is 2. The summed E-state index contributed by atoms with van der Waals surface area (Å²) in [5.41, 5.74) is 3.85. The molecule has 1 heterocycles. The fourth-order valence-corrected chi connectivity index (χ4v) is 2.93. The Kier molecular flexibility index (Phi) is 5.77. The summed E-state index contributed by atoms with van der Waals surface area (Å²) in [5, 5.41) is 4.47. The molecule has 112 valence electrons. The van der Waals surface area contributed by atoms with Crippen LogP contribution in [0.1, 0.15) is 48.9 Å². The highest BCUT2D eigenvalue weighted by molar-refractivity contribution is 6.30. The Morgan fingerprint density at radius 3 is 2.52 bits per heavy atom. The molecule has 2 atom stereocenters. The molecule has 0 aliphatic carbocycles. The summed E-state index contributed by atoms with van der Waals surface area (Å²) >= 11 is 6.09. The van der Waals surface area contributed by atoms with E-state index in [0.29, 0.717) is 5.92 Å². The van der Waals surface area contributed by atoms with Crippen LogP contribution in [0.4, 0.5) is 0 Å². The van der Waals surface area contributed by atoms with E-state index < -0.39 is 0 Å². The molecule has 0 bridgehead atoms. The smallest absolute Gasteiger partial charge is 0.0408 e. The normalized spacial score (nSPS) is 13.9. The number of aromatic nitrogens is 1. The summed E-state index contributed by atoms with van der Waals surface area (Å²) in [6.07, 6.45) is 4.83. The summed E-state index contributed by atoms with van der Waals surface area (Å²) in [6.45, 7) is 7.58. The van der Waals surface area contributed by atoms with Gasteiger partial charge in [0.25, 0.3) is 0 Å². The van der Waals surface area contributed by atoms with Crippen molar-refractivity contribution in [2.24, 2.45) is 0 Å². The van der Waals surface area contributed by atoms with E-state index >= 15 is 0 Å². The molecule has 0 saturated heterocycles. The Morgan fingerprint density at radius 1 is 1.19 bits per heavy atom. The van der Waals surface area contributed by atoms with E-state index in [4.69, 9.17) is 11.6 Å². The number of pyridine rings is 1. The lowest BCUT2D eigenvalue weighted by Gasteiger charge is -2.27. The minimum Gasteiger partial charge on any atom is -0.309 e. The van der Waals surface area contributed by atoms with Crippen molar-refractivity contribution in [3.05, 3.63) is 64.4 Å². The topological polar surface area (TPSA) is 24.9 Å². The van der Waals surface area contributed by atoms with E-state index in [-0.39, 0.29) is 6.04 Å². The second-order valence-corrected chi connectivity index (χ2v) is 5.94. The second-order valence-electron chi connectivity index (χ2n) is 5.50. The summed E-state index contributed by atoms with van der Waals surface area (Å²) in [4.78, 5) is 4.11. The molecule has 21 heavy (non-hydrogen) atoms. The third-order valence-electron chi connectivity index (χ3n) is 3.91. The van der Waals surface area contributed by atoms with E-state index in [2.05, 4.69) is 49.3 Å². The van der Waals surface area contributed by atoms with Gasteiger partial charge in [0.05, 0.1) is 0 Å². The Balaban J connectivity index is 2.33. The van der Waals surface area contributed by atoms with Gasteiger partial charge in [0.15, 0.2) is 0 Å². The van der Waals surface area contributed by atoms with Gasteiger partial charge in [-0.1, -0.05) is 31.5 Å². The molecule has 0 saturated carbocycles. The number of benzene rings is 1. The predicted molar refractivity (Wildman–Crippen MR) is 89.9 cm³/mol. The van der Waals surface area contributed by atoms with Crippen molar-refractivity contribution in [3.8, 4) is 0 Å². The molecule has 3 heteroatoms. The van der Waals surface area contributed by atoms with Crippen LogP contribution in [0.15, 0.2) is 42.7 Å². The SMILES string of the molecule is CCCNC(c1ccc(Cl)cc1C)C(C)c1ccncc1. The van der Waals surface area contributed by atoms with Crippen molar-refractivity contribution >= 4 is 11.6 Å². The van der Waals surface area contributed by atoms with Crippen LogP contribution >= 0.6 is 11.6 Å². The van der Waals surface area contributed by atoms with E-state index in [1.807, 2.05) is 24.5 Å². The highest BCUT2D eigenvalue weighted by atomic mass is 35.5. The molecule has 1 aromatic carbocycles. The van der Waals surface area contributed by atoms with Crippen LogP contribution in [0.5, 0.6) is 0 Å². The van der Waals surface area contributed by atoms with Gasteiger partial charge in [0.2, 0.25) is 0 Å². The molecule has 0 aliphatic rings. The predicted octanol–water partition coefficient (Wildman–Crippen LogP) is 4.89. The molecule has 0 fully saturated rings. The fourth-order valence-electron chi connectivity index (χ4n) is 2.70. The summed E-state index contributed by atoms with van der Waals surface area (Å²) in [7, 11) is 0. The third-order valence-corrected chi connectivity index (χ3v) is 4.15. The number of rotatable bonds is 6. The molecule has 0 spiro atoms. The Bertz CT molecular complexity index is 569. The quantitative estimate of drug-likeness (QED) is 0.822. The average Bonchev–Trinajstić information content (AvgIpc) is 2.50. The van der Waals surface area contributed by atoms with Crippen molar-refractivity contribution in [1.29, 1.82) is 0 Å². The van der Waals surface area contributed by atoms with E-state index in [1.165, 1.54) is 16.7 Å². The van der Waals surface area contributed by atoms with Gasteiger partial charge in [-0.3, -0.25) is 4.98 Å². The van der Waals surface area contributed by atoms with Gasteiger partial charge in [-0.25, -0.2) is 0 Å². The lowest BCUT2D eigenvalue weighted by Crippen LogP contribution is -2.27. The molecular formula is C18H23ClN2. The molecule has 0 radical (unpaired) electrons. The lowest BCUT2D eigenvalue weighted by molar-refractivity contribution is 0.464. The first-order valence-corrected chi connectivity index (χ1v) is 7.90. The second kappa shape index (κ2) is 7.58. The molecule has 1 aromatic heterocycles. The maximum atomic E-state index is 6.09. The first kappa shape index (κ1) is 16.0. The maximum absolute atomic E-state index is 6.09. The zero-order valence-electron chi connectivity index (χ0n) is 12.9. The highest BCUT2D eigenvalue weighted by Crippen LogP contribution is 2.33. The van der Waals surface area contributed by atoms with Gasteiger partial charge in [-0.2, -0.15) is 0 Å². The molecule has 1 N–H and O–H groups in total. The zero-order valence-corrected chi connectivity index (χ0v) is 13.7. The van der Waals surface area contributed by atoms with Gasteiger partial charge < -0.3 is 5.32 Å². The van der Waals surface area contributed by atoms with Gasteiger partial charge in [0.1, 0.15) is 0 Å². The summed E-state index contributed by atoms with van der Waals surface area (Å²) in [5.74, 6) is 0.374. The lowest BCUT2D eigenvalue weighted by atomic mass is 9.87. The zero-order chi connectivity index (χ0) is 15.2. The fraction of sp³-hybridized carbons (Fsp3) is 0.389. The third kappa shape index (κ3) is 4.05. The Labute approximate surface area is 132 Å². The van der Waals surface area contributed by atoms with E-state index in [1.54, 1.807) is 0 Å². The minimum atomic E-state index is 0.282. The van der Waals surface area contributed by atoms with Crippen LogP contribution in [0, 0.1) is 6.92 Å². The number of nitrogens with zero attached hydrogens (tertiary/aromatic N) is 1. The van der Waals surface area contributed by atoms with Crippen LogP contribution in [0.2, 0.25) is 5.02 Å². The van der Waals surface area contributed by atoms with Crippen molar-refractivity contribution in [3.63, 3.8) is 0 Å². The first-order chi connectivity index (χ1) is 10.1.